The summed E-state index contributed by atoms with van der Waals surface area (Å²) in [5.41, 5.74) is 3.87. The number of nitrogens with zero attached hydrogens (tertiary/aromatic N) is 1. The summed E-state index contributed by atoms with van der Waals surface area (Å²) in [5.74, 6) is 0. The second-order valence-electron chi connectivity index (χ2n) is 4.42. The minimum atomic E-state index is -0.558. The lowest BCUT2D eigenvalue weighted by molar-refractivity contribution is 0.180. The van der Waals surface area contributed by atoms with Gasteiger partial charge in [-0.15, -0.1) is 0 Å². The summed E-state index contributed by atoms with van der Waals surface area (Å²) in [6.07, 6.45) is 5.47. The molecule has 0 saturated carbocycles. The van der Waals surface area contributed by atoms with E-state index < -0.39 is 6.10 Å². The molecule has 0 saturated heterocycles. The van der Waals surface area contributed by atoms with E-state index in [9.17, 15) is 5.11 Å². The van der Waals surface area contributed by atoms with Crippen LogP contribution in [0, 0.1) is 13.8 Å². The van der Waals surface area contributed by atoms with Crippen LogP contribution in [0.2, 0.25) is 0 Å². The topological polar surface area (TPSA) is 46.3 Å². The Labute approximate surface area is 107 Å². The van der Waals surface area contributed by atoms with Gasteiger partial charge in [0.2, 0.25) is 0 Å². The van der Waals surface area contributed by atoms with Gasteiger partial charge >= 0.3 is 0 Å². The zero-order chi connectivity index (χ0) is 13.0. The van der Waals surface area contributed by atoms with Crippen LogP contribution in [0.1, 0.15) is 34.9 Å². The Morgan fingerprint density at radius 2 is 2.22 bits per heavy atom. The molecule has 0 aliphatic rings. The SMILES string of the molecule is Cc1cccc(/C=C/CC(O)c2conc2C)c1. The molecule has 3 heteroatoms. The molecule has 0 radical (unpaired) electrons. The Kier molecular flexibility index (Phi) is 3.95. The first kappa shape index (κ1) is 12.6. The van der Waals surface area contributed by atoms with E-state index in [1.54, 1.807) is 0 Å². The van der Waals surface area contributed by atoms with Gasteiger partial charge in [-0.3, -0.25) is 0 Å². The maximum atomic E-state index is 9.97. The summed E-state index contributed by atoms with van der Waals surface area (Å²) in [4.78, 5) is 0. The monoisotopic (exact) mass is 243 g/mol. The van der Waals surface area contributed by atoms with E-state index in [0.29, 0.717) is 6.42 Å². The van der Waals surface area contributed by atoms with Crippen LogP contribution >= 0.6 is 0 Å². The summed E-state index contributed by atoms with van der Waals surface area (Å²) in [5, 5.41) is 13.7. The Bertz CT molecular complexity index is 543. The predicted molar refractivity (Wildman–Crippen MR) is 71.0 cm³/mol. The van der Waals surface area contributed by atoms with E-state index in [1.165, 1.54) is 11.8 Å². The van der Waals surface area contributed by atoms with E-state index in [0.717, 1.165) is 16.8 Å². The summed E-state index contributed by atoms with van der Waals surface area (Å²) in [7, 11) is 0. The smallest absolute Gasteiger partial charge is 0.129 e. The molecular formula is C15H17NO2. The van der Waals surface area contributed by atoms with Crippen molar-refractivity contribution < 1.29 is 9.63 Å². The second kappa shape index (κ2) is 5.65. The molecule has 0 aliphatic heterocycles. The second-order valence-corrected chi connectivity index (χ2v) is 4.42. The van der Waals surface area contributed by atoms with E-state index in [1.807, 2.05) is 31.2 Å². The van der Waals surface area contributed by atoms with Crippen LogP contribution in [0.25, 0.3) is 6.08 Å². The fourth-order valence-electron chi connectivity index (χ4n) is 1.85. The van der Waals surface area contributed by atoms with Gasteiger partial charge in [0.15, 0.2) is 0 Å². The van der Waals surface area contributed by atoms with Crippen LogP contribution in [0.15, 0.2) is 41.1 Å². The number of aromatic nitrogens is 1. The van der Waals surface area contributed by atoms with E-state index in [2.05, 4.69) is 24.2 Å². The normalized spacial score (nSPS) is 13.1. The number of aryl methyl sites for hydroxylation is 2. The fraction of sp³-hybridized carbons (Fsp3) is 0.267. The van der Waals surface area contributed by atoms with Crippen molar-refractivity contribution in [3.05, 3.63) is 59.0 Å². The standard InChI is InChI=1S/C15H17NO2/c1-11-5-3-6-13(9-11)7-4-8-15(17)14-10-18-16-12(14)2/h3-7,9-10,15,17H,8H2,1-2H3/b7-4+. The highest BCUT2D eigenvalue weighted by Crippen LogP contribution is 2.20. The largest absolute Gasteiger partial charge is 0.388 e. The molecule has 0 amide bonds. The van der Waals surface area contributed by atoms with Gasteiger partial charge in [0.25, 0.3) is 0 Å². The lowest BCUT2D eigenvalue weighted by Crippen LogP contribution is -1.95. The summed E-state index contributed by atoms with van der Waals surface area (Å²) in [6, 6.07) is 8.23. The van der Waals surface area contributed by atoms with Crippen LogP contribution in [0.5, 0.6) is 0 Å². The average molecular weight is 243 g/mol. The third-order valence-electron chi connectivity index (χ3n) is 2.86. The molecule has 94 valence electrons. The van der Waals surface area contributed by atoms with Crippen molar-refractivity contribution in [1.29, 1.82) is 0 Å². The van der Waals surface area contributed by atoms with Crippen LogP contribution in [0.4, 0.5) is 0 Å². The highest BCUT2D eigenvalue weighted by atomic mass is 16.5. The van der Waals surface area contributed by atoms with Gasteiger partial charge in [-0.25, -0.2) is 0 Å². The Balaban J connectivity index is 1.98. The summed E-state index contributed by atoms with van der Waals surface area (Å²) >= 11 is 0. The van der Waals surface area contributed by atoms with Gasteiger partial charge in [-0.2, -0.15) is 0 Å². The first-order valence-corrected chi connectivity index (χ1v) is 5.99. The quantitative estimate of drug-likeness (QED) is 0.894. The minimum Gasteiger partial charge on any atom is -0.388 e. The van der Waals surface area contributed by atoms with Gasteiger partial charge < -0.3 is 9.63 Å². The number of hydrogen-bond acceptors (Lipinski definition) is 3. The van der Waals surface area contributed by atoms with Gasteiger partial charge in [0, 0.05) is 5.56 Å². The predicted octanol–water partition coefficient (Wildman–Crippen LogP) is 3.43. The first-order valence-electron chi connectivity index (χ1n) is 5.99. The van der Waals surface area contributed by atoms with Gasteiger partial charge in [-0.05, 0) is 25.8 Å². The van der Waals surface area contributed by atoms with Gasteiger partial charge in [0.05, 0.1) is 11.8 Å². The van der Waals surface area contributed by atoms with Crippen LogP contribution in [-0.4, -0.2) is 10.3 Å². The van der Waals surface area contributed by atoms with Crippen molar-refractivity contribution in [2.24, 2.45) is 0 Å². The van der Waals surface area contributed by atoms with Crippen molar-refractivity contribution in [2.45, 2.75) is 26.4 Å². The average Bonchev–Trinajstić information content (AvgIpc) is 2.75. The highest BCUT2D eigenvalue weighted by Gasteiger charge is 2.11. The summed E-state index contributed by atoms with van der Waals surface area (Å²) in [6.45, 7) is 3.89. The number of aliphatic hydroxyl groups is 1. The molecule has 2 aromatic rings. The van der Waals surface area contributed by atoms with Crippen molar-refractivity contribution in [1.82, 2.24) is 5.16 Å². The first-order chi connectivity index (χ1) is 8.66. The Morgan fingerprint density at radius 1 is 1.39 bits per heavy atom. The molecular weight excluding hydrogens is 226 g/mol. The fourth-order valence-corrected chi connectivity index (χ4v) is 1.85. The molecule has 1 atom stereocenters. The Morgan fingerprint density at radius 3 is 2.89 bits per heavy atom. The van der Waals surface area contributed by atoms with E-state index >= 15 is 0 Å². The molecule has 0 spiro atoms. The molecule has 3 nitrogen and oxygen atoms in total. The summed E-state index contributed by atoms with van der Waals surface area (Å²) < 4.78 is 4.81. The maximum Gasteiger partial charge on any atom is 0.129 e. The van der Waals surface area contributed by atoms with Crippen molar-refractivity contribution >= 4 is 6.08 Å². The molecule has 1 aromatic carbocycles. The Hall–Kier alpha value is -1.87. The van der Waals surface area contributed by atoms with Crippen LogP contribution in [-0.2, 0) is 0 Å². The van der Waals surface area contributed by atoms with Crippen molar-refractivity contribution in [3.8, 4) is 0 Å². The van der Waals surface area contributed by atoms with Gasteiger partial charge in [-0.1, -0.05) is 47.1 Å². The highest BCUT2D eigenvalue weighted by molar-refractivity contribution is 5.50. The van der Waals surface area contributed by atoms with Crippen LogP contribution in [0.3, 0.4) is 0 Å². The zero-order valence-corrected chi connectivity index (χ0v) is 10.6. The van der Waals surface area contributed by atoms with Crippen LogP contribution < -0.4 is 0 Å². The number of aliphatic hydroxyl groups excluding tert-OH is 1. The lowest BCUT2D eigenvalue weighted by Gasteiger charge is -2.04. The molecule has 1 unspecified atom stereocenters. The number of rotatable bonds is 4. The lowest BCUT2D eigenvalue weighted by atomic mass is 10.1. The molecule has 0 fully saturated rings. The number of hydrogen-bond donors (Lipinski definition) is 1. The third-order valence-corrected chi connectivity index (χ3v) is 2.86. The molecule has 0 aliphatic carbocycles. The maximum absolute atomic E-state index is 9.97. The van der Waals surface area contributed by atoms with Crippen molar-refractivity contribution in [3.63, 3.8) is 0 Å². The number of benzene rings is 1. The minimum absolute atomic E-state index is 0.552. The molecule has 0 bridgehead atoms. The molecule has 1 N–H and O–H groups in total. The van der Waals surface area contributed by atoms with E-state index in [4.69, 9.17) is 4.52 Å². The van der Waals surface area contributed by atoms with E-state index in [-0.39, 0.29) is 0 Å². The molecule has 1 aromatic heterocycles. The van der Waals surface area contributed by atoms with Gasteiger partial charge in [0.1, 0.15) is 6.26 Å². The molecule has 1 heterocycles. The third kappa shape index (κ3) is 3.08. The zero-order valence-electron chi connectivity index (χ0n) is 10.6. The molecule has 18 heavy (non-hydrogen) atoms. The van der Waals surface area contributed by atoms with Crippen molar-refractivity contribution in [2.75, 3.05) is 0 Å². The molecule has 2 rings (SSSR count).